The molecule has 4 heteroatoms. The molecule has 3 rings (SSSR count). The van der Waals surface area contributed by atoms with Crippen LogP contribution in [0.3, 0.4) is 0 Å². The van der Waals surface area contributed by atoms with Crippen LogP contribution in [0.25, 0.3) is 11.0 Å². The number of rotatable bonds is 2. The number of hydrogen-bond acceptors (Lipinski definition) is 2. The monoisotopic (exact) mass is 289 g/mol. The average molecular weight is 290 g/mol. The molecule has 0 fully saturated rings. The quantitative estimate of drug-likeness (QED) is 0.750. The van der Waals surface area contributed by atoms with Crippen LogP contribution in [-0.2, 0) is 0 Å². The predicted molar refractivity (Wildman–Crippen MR) is 78.4 cm³/mol. The van der Waals surface area contributed by atoms with Crippen LogP contribution < -0.4 is 5.73 Å². The van der Waals surface area contributed by atoms with E-state index in [0.29, 0.717) is 11.3 Å². The number of benzene rings is 2. The van der Waals surface area contributed by atoms with E-state index in [1.54, 1.807) is 6.07 Å². The Morgan fingerprint density at radius 1 is 1.20 bits per heavy atom. The molecule has 1 heterocycles. The van der Waals surface area contributed by atoms with E-state index in [1.807, 2.05) is 31.2 Å². The van der Waals surface area contributed by atoms with Gasteiger partial charge in [0.1, 0.15) is 17.2 Å². The van der Waals surface area contributed by atoms with Crippen molar-refractivity contribution in [2.75, 3.05) is 0 Å². The van der Waals surface area contributed by atoms with Crippen LogP contribution in [0.15, 0.2) is 46.9 Å². The first-order valence-corrected chi connectivity index (χ1v) is 6.63. The lowest BCUT2D eigenvalue weighted by Gasteiger charge is -2.09. The molecule has 0 bridgehead atoms. The van der Waals surface area contributed by atoms with Gasteiger partial charge in [-0.25, -0.2) is 4.39 Å². The van der Waals surface area contributed by atoms with E-state index < -0.39 is 11.9 Å². The van der Waals surface area contributed by atoms with E-state index in [9.17, 15) is 4.39 Å². The van der Waals surface area contributed by atoms with Gasteiger partial charge in [0, 0.05) is 5.39 Å². The van der Waals surface area contributed by atoms with Crippen molar-refractivity contribution in [3.8, 4) is 0 Å². The predicted octanol–water partition coefficient (Wildman–Crippen LogP) is 4.58. The minimum Gasteiger partial charge on any atom is -0.459 e. The first kappa shape index (κ1) is 13.2. The smallest absolute Gasteiger partial charge is 0.142 e. The summed E-state index contributed by atoms with van der Waals surface area (Å²) in [5, 5.41) is 1.08. The second kappa shape index (κ2) is 4.93. The van der Waals surface area contributed by atoms with Gasteiger partial charge in [0.2, 0.25) is 0 Å². The lowest BCUT2D eigenvalue weighted by Crippen LogP contribution is -2.11. The molecule has 0 saturated carbocycles. The normalized spacial score (nSPS) is 12.8. The molecule has 0 spiro atoms. The molecule has 1 atom stereocenters. The number of fused-ring (bicyclic) bond motifs is 1. The first-order chi connectivity index (χ1) is 9.56. The zero-order chi connectivity index (χ0) is 14.3. The van der Waals surface area contributed by atoms with Gasteiger partial charge in [-0.15, -0.1) is 0 Å². The third kappa shape index (κ3) is 2.19. The average Bonchev–Trinajstić information content (AvgIpc) is 2.86. The van der Waals surface area contributed by atoms with E-state index in [1.165, 1.54) is 12.1 Å². The molecule has 1 aromatic heterocycles. The van der Waals surface area contributed by atoms with Crippen molar-refractivity contribution < 1.29 is 8.81 Å². The molecule has 1 unspecified atom stereocenters. The molecular weight excluding hydrogens is 277 g/mol. The van der Waals surface area contributed by atoms with Crippen molar-refractivity contribution in [3.63, 3.8) is 0 Å². The number of furan rings is 1. The van der Waals surface area contributed by atoms with E-state index >= 15 is 0 Å². The molecule has 0 saturated heterocycles. The van der Waals surface area contributed by atoms with Crippen molar-refractivity contribution in [2.24, 2.45) is 5.73 Å². The van der Waals surface area contributed by atoms with Crippen molar-refractivity contribution >= 4 is 22.6 Å². The second-order valence-corrected chi connectivity index (χ2v) is 5.20. The van der Waals surface area contributed by atoms with Crippen molar-refractivity contribution in [1.82, 2.24) is 0 Å². The number of nitrogens with two attached hydrogens (primary N) is 1. The van der Waals surface area contributed by atoms with E-state index in [0.717, 1.165) is 16.5 Å². The van der Waals surface area contributed by atoms with Gasteiger partial charge in [0.05, 0.1) is 11.1 Å². The Hall–Kier alpha value is -1.84. The highest BCUT2D eigenvalue weighted by molar-refractivity contribution is 6.30. The third-order valence-electron chi connectivity index (χ3n) is 3.37. The van der Waals surface area contributed by atoms with Crippen LogP contribution in [0, 0.1) is 12.7 Å². The summed E-state index contributed by atoms with van der Waals surface area (Å²) >= 11 is 5.68. The molecule has 0 aliphatic heterocycles. The summed E-state index contributed by atoms with van der Waals surface area (Å²) in [5.41, 5.74) is 8.63. The Labute approximate surface area is 121 Å². The lowest BCUT2D eigenvalue weighted by atomic mass is 10.0. The second-order valence-electron chi connectivity index (χ2n) is 4.79. The van der Waals surface area contributed by atoms with Gasteiger partial charge in [-0.2, -0.15) is 0 Å². The van der Waals surface area contributed by atoms with Crippen LogP contribution in [0.2, 0.25) is 5.02 Å². The molecular formula is C16H13ClFNO. The Kier molecular flexibility index (Phi) is 3.24. The van der Waals surface area contributed by atoms with Crippen LogP contribution in [0.1, 0.15) is 22.9 Å². The SMILES string of the molecule is Cc1cccc2cc(C(N)c3ccc(Cl)c(F)c3)oc12. The van der Waals surface area contributed by atoms with E-state index in [4.69, 9.17) is 21.8 Å². The topological polar surface area (TPSA) is 39.2 Å². The van der Waals surface area contributed by atoms with Crippen LogP contribution >= 0.6 is 11.6 Å². The Balaban J connectivity index is 2.05. The molecule has 2 aromatic carbocycles. The minimum atomic E-state index is -0.520. The summed E-state index contributed by atoms with van der Waals surface area (Å²) in [6.45, 7) is 1.98. The molecule has 0 aliphatic rings. The fraction of sp³-hybridized carbons (Fsp3) is 0.125. The van der Waals surface area contributed by atoms with E-state index in [2.05, 4.69) is 0 Å². The summed E-state index contributed by atoms with van der Waals surface area (Å²) in [4.78, 5) is 0. The molecule has 3 aromatic rings. The molecule has 20 heavy (non-hydrogen) atoms. The fourth-order valence-corrected chi connectivity index (χ4v) is 2.37. The summed E-state index contributed by atoms with van der Waals surface area (Å²) < 4.78 is 19.3. The first-order valence-electron chi connectivity index (χ1n) is 6.26. The standard InChI is InChI=1S/C16H13ClFNO/c1-9-3-2-4-11-8-14(20-16(9)11)15(19)10-5-6-12(17)13(18)7-10/h2-8,15H,19H2,1H3. The van der Waals surface area contributed by atoms with Crippen LogP contribution in [0.4, 0.5) is 4.39 Å². The van der Waals surface area contributed by atoms with Gasteiger partial charge in [0.15, 0.2) is 0 Å². The molecule has 0 aliphatic carbocycles. The zero-order valence-electron chi connectivity index (χ0n) is 10.9. The van der Waals surface area contributed by atoms with Gasteiger partial charge in [-0.3, -0.25) is 0 Å². The highest BCUT2D eigenvalue weighted by atomic mass is 35.5. The Morgan fingerprint density at radius 3 is 2.70 bits per heavy atom. The maximum absolute atomic E-state index is 13.5. The molecule has 2 nitrogen and oxygen atoms in total. The van der Waals surface area contributed by atoms with Crippen molar-refractivity contribution in [1.29, 1.82) is 0 Å². The largest absolute Gasteiger partial charge is 0.459 e. The summed E-state index contributed by atoms with van der Waals surface area (Å²) in [6, 6.07) is 11.8. The number of aryl methyl sites for hydroxylation is 1. The molecule has 0 amide bonds. The minimum absolute atomic E-state index is 0.0846. The van der Waals surface area contributed by atoms with Gasteiger partial charge >= 0.3 is 0 Å². The van der Waals surface area contributed by atoms with E-state index in [-0.39, 0.29) is 5.02 Å². The maximum Gasteiger partial charge on any atom is 0.142 e. The van der Waals surface area contributed by atoms with Gasteiger partial charge in [-0.1, -0.05) is 35.9 Å². The number of hydrogen-bond donors (Lipinski definition) is 1. The lowest BCUT2D eigenvalue weighted by molar-refractivity contribution is 0.522. The van der Waals surface area contributed by atoms with Gasteiger partial charge in [0.25, 0.3) is 0 Å². The fourth-order valence-electron chi connectivity index (χ4n) is 2.25. The maximum atomic E-state index is 13.5. The third-order valence-corrected chi connectivity index (χ3v) is 3.68. The molecule has 2 N–H and O–H groups in total. The zero-order valence-corrected chi connectivity index (χ0v) is 11.6. The Morgan fingerprint density at radius 2 is 2.00 bits per heavy atom. The number of halogens is 2. The van der Waals surface area contributed by atoms with Gasteiger partial charge < -0.3 is 10.2 Å². The van der Waals surface area contributed by atoms with Gasteiger partial charge in [-0.05, 0) is 36.2 Å². The van der Waals surface area contributed by atoms with Crippen molar-refractivity contribution in [2.45, 2.75) is 13.0 Å². The highest BCUT2D eigenvalue weighted by Crippen LogP contribution is 2.29. The number of para-hydroxylation sites is 1. The van der Waals surface area contributed by atoms with Crippen LogP contribution in [0.5, 0.6) is 0 Å². The van der Waals surface area contributed by atoms with Crippen LogP contribution in [-0.4, -0.2) is 0 Å². The summed E-state index contributed by atoms with van der Waals surface area (Å²) in [6.07, 6.45) is 0. The highest BCUT2D eigenvalue weighted by Gasteiger charge is 2.16. The summed E-state index contributed by atoms with van der Waals surface area (Å²) in [7, 11) is 0. The molecule has 0 radical (unpaired) electrons. The Bertz CT molecular complexity index is 781. The molecule has 102 valence electrons. The van der Waals surface area contributed by atoms with Crippen molar-refractivity contribution in [3.05, 3.63) is 70.2 Å². The summed E-state index contributed by atoms with van der Waals surface area (Å²) in [5.74, 6) is 0.128.